The van der Waals surface area contributed by atoms with E-state index in [1.165, 1.54) is 28.6 Å². The molecular formula is C21H29N3O5S2. The third-order valence-electron chi connectivity index (χ3n) is 4.76. The van der Waals surface area contributed by atoms with Gasteiger partial charge in [0.25, 0.3) is 0 Å². The number of amides is 1. The number of sulfonamides is 2. The summed E-state index contributed by atoms with van der Waals surface area (Å²) in [6.07, 6.45) is -0.0659. The fraction of sp³-hybridized carbons (Fsp3) is 0.381. The van der Waals surface area contributed by atoms with Gasteiger partial charge >= 0.3 is 0 Å². The Kier molecular flexibility index (Phi) is 8.35. The molecule has 0 saturated heterocycles. The summed E-state index contributed by atoms with van der Waals surface area (Å²) in [6, 6.07) is 11.1. The first-order valence-electron chi connectivity index (χ1n) is 9.98. The largest absolute Gasteiger partial charge is 0.326 e. The van der Waals surface area contributed by atoms with Crippen LogP contribution in [0.25, 0.3) is 0 Å². The molecule has 170 valence electrons. The minimum Gasteiger partial charge on any atom is -0.326 e. The molecule has 2 rings (SSSR count). The summed E-state index contributed by atoms with van der Waals surface area (Å²) in [6.45, 7) is 7.74. The van der Waals surface area contributed by atoms with Crippen LogP contribution in [-0.4, -0.2) is 46.7 Å². The van der Waals surface area contributed by atoms with E-state index in [1.54, 1.807) is 32.9 Å². The zero-order valence-corrected chi connectivity index (χ0v) is 19.8. The topological polar surface area (TPSA) is 113 Å². The maximum atomic E-state index is 12.5. The van der Waals surface area contributed by atoms with E-state index in [2.05, 4.69) is 10.0 Å². The van der Waals surface area contributed by atoms with Gasteiger partial charge in [-0.15, -0.1) is 0 Å². The number of hydrogen-bond donors (Lipinski definition) is 2. The molecule has 2 aromatic carbocycles. The van der Waals surface area contributed by atoms with Gasteiger partial charge in [0.2, 0.25) is 26.0 Å². The number of hydrogen-bond acceptors (Lipinski definition) is 5. The van der Waals surface area contributed by atoms with Gasteiger partial charge in [-0.05, 0) is 55.3 Å². The summed E-state index contributed by atoms with van der Waals surface area (Å²) in [7, 11) is -7.28. The Morgan fingerprint density at radius 1 is 0.935 bits per heavy atom. The maximum Gasteiger partial charge on any atom is 0.243 e. The Morgan fingerprint density at radius 2 is 1.55 bits per heavy atom. The number of carbonyl (C=O) groups excluding carboxylic acids is 1. The summed E-state index contributed by atoms with van der Waals surface area (Å²) in [5.41, 5.74) is 1.89. The van der Waals surface area contributed by atoms with Crippen molar-refractivity contribution in [1.29, 1.82) is 0 Å². The second kappa shape index (κ2) is 10.4. The first-order valence-corrected chi connectivity index (χ1v) is 12.9. The first-order chi connectivity index (χ1) is 14.5. The number of nitrogens with one attached hydrogen (secondary N) is 2. The van der Waals surface area contributed by atoms with E-state index in [0.29, 0.717) is 24.3 Å². The molecule has 0 fully saturated rings. The minimum absolute atomic E-state index is 0.0596. The zero-order valence-electron chi connectivity index (χ0n) is 18.2. The Morgan fingerprint density at radius 3 is 2.13 bits per heavy atom. The van der Waals surface area contributed by atoms with E-state index in [4.69, 9.17) is 0 Å². The lowest BCUT2D eigenvalue weighted by atomic mass is 10.2. The molecular weight excluding hydrogens is 438 g/mol. The Bertz CT molecular complexity index is 1120. The highest BCUT2D eigenvalue weighted by Crippen LogP contribution is 2.19. The number of rotatable bonds is 10. The van der Waals surface area contributed by atoms with E-state index < -0.39 is 20.0 Å². The third-order valence-corrected chi connectivity index (χ3v) is 8.43. The van der Waals surface area contributed by atoms with Crippen molar-refractivity contribution in [3.8, 4) is 0 Å². The second-order valence-corrected chi connectivity index (χ2v) is 10.8. The van der Waals surface area contributed by atoms with Gasteiger partial charge in [0.15, 0.2) is 0 Å². The molecule has 0 saturated carbocycles. The van der Waals surface area contributed by atoms with Crippen molar-refractivity contribution in [2.45, 2.75) is 43.9 Å². The highest BCUT2D eigenvalue weighted by atomic mass is 32.2. The van der Waals surface area contributed by atoms with Crippen LogP contribution < -0.4 is 10.0 Å². The number of carbonyl (C=O) groups is 1. The lowest BCUT2D eigenvalue weighted by molar-refractivity contribution is -0.116. The molecule has 0 radical (unpaired) electrons. The molecule has 10 heteroatoms. The number of aryl methyl sites for hydroxylation is 2. The Hall–Kier alpha value is -2.27. The van der Waals surface area contributed by atoms with E-state index in [9.17, 15) is 21.6 Å². The van der Waals surface area contributed by atoms with Crippen molar-refractivity contribution in [1.82, 2.24) is 9.03 Å². The van der Waals surface area contributed by atoms with Gasteiger partial charge in [-0.2, -0.15) is 4.31 Å². The van der Waals surface area contributed by atoms with Crippen molar-refractivity contribution in [3.63, 3.8) is 0 Å². The maximum absolute atomic E-state index is 12.5. The van der Waals surface area contributed by atoms with Crippen LogP contribution in [0.4, 0.5) is 5.69 Å². The van der Waals surface area contributed by atoms with Gasteiger partial charge in [0, 0.05) is 31.7 Å². The first kappa shape index (κ1) is 25.0. The van der Waals surface area contributed by atoms with Gasteiger partial charge < -0.3 is 5.32 Å². The van der Waals surface area contributed by atoms with Gasteiger partial charge in [-0.1, -0.05) is 26.0 Å². The molecule has 0 aliphatic carbocycles. The average molecular weight is 468 g/mol. The van der Waals surface area contributed by atoms with Crippen LogP contribution in [0.5, 0.6) is 0 Å². The standard InChI is InChI=1S/C21H29N3O5S2/c1-5-24(6-2)31(28,29)19-11-9-18(10-12-19)23-21(25)13-14-22-30(26,27)20-15-16(3)7-8-17(20)4/h7-12,15,22H,5-6,13-14H2,1-4H3,(H,23,25). The zero-order chi connectivity index (χ0) is 23.2. The molecule has 0 aliphatic heterocycles. The summed E-state index contributed by atoms with van der Waals surface area (Å²) >= 11 is 0. The fourth-order valence-electron chi connectivity index (χ4n) is 3.02. The van der Waals surface area contributed by atoms with Gasteiger partial charge in [0.1, 0.15) is 0 Å². The summed E-state index contributed by atoms with van der Waals surface area (Å²) in [5.74, 6) is -0.386. The number of anilines is 1. The van der Waals surface area contributed by atoms with E-state index >= 15 is 0 Å². The van der Waals surface area contributed by atoms with E-state index in [-0.39, 0.29) is 28.7 Å². The van der Waals surface area contributed by atoms with Crippen LogP contribution in [0.1, 0.15) is 31.4 Å². The van der Waals surface area contributed by atoms with Crippen LogP contribution >= 0.6 is 0 Å². The normalized spacial score (nSPS) is 12.2. The Labute approximate surface area is 184 Å². The van der Waals surface area contributed by atoms with Crippen LogP contribution in [0.3, 0.4) is 0 Å². The minimum atomic E-state index is -3.72. The molecule has 2 N–H and O–H groups in total. The molecule has 0 spiro atoms. The number of benzene rings is 2. The van der Waals surface area contributed by atoms with Crippen LogP contribution in [0.15, 0.2) is 52.3 Å². The second-order valence-electron chi connectivity index (χ2n) is 7.08. The molecule has 8 nitrogen and oxygen atoms in total. The van der Waals surface area contributed by atoms with Crippen molar-refractivity contribution in [2.75, 3.05) is 25.0 Å². The van der Waals surface area contributed by atoms with Crippen LogP contribution in [0.2, 0.25) is 0 Å². The van der Waals surface area contributed by atoms with Crippen molar-refractivity contribution < 1.29 is 21.6 Å². The van der Waals surface area contributed by atoms with Gasteiger partial charge in [-0.25, -0.2) is 21.6 Å². The molecule has 2 aromatic rings. The monoisotopic (exact) mass is 467 g/mol. The van der Waals surface area contributed by atoms with Crippen molar-refractivity contribution >= 4 is 31.6 Å². The lowest BCUT2D eigenvalue weighted by Crippen LogP contribution is -2.30. The van der Waals surface area contributed by atoms with Gasteiger partial charge in [0.05, 0.1) is 9.79 Å². The molecule has 1 amide bonds. The fourth-order valence-corrected chi connectivity index (χ4v) is 5.84. The highest BCUT2D eigenvalue weighted by molar-refractivity contribution is 7.89. The predicted octanol–water partition coefficient (Wildman–Crippen LogP) is 2.64. The molecule has 0 aliphatic rings. The third kappa shape index (κ3) is 6.36. The quantitative estimate of drug-likeness (QED) is 0.558. The molecule has 0 bridgehead atoms. The molecule has 0 unspecified atom stereocenters. The summed E-state index contributed by atoms with van der Waals surface area (Å²) < 4.78 is 53.7. The molecule has 31 heavy (non-hydrogen) atoms. The van der Waals surface area contributed by atoms with Gasteiger partial charge in [-0.3, -0.25) is 4.79 Å². The Balaban J connectivity index is 1.95. The van der Waals surface area contributed by atoms with Crippen LogP contribution in [-0.2, 0) is 24.8 Å². The average Bonchev–Trinajstić information content (AvgIpc) is 2.70. The summed E-state index contributed by atoms with van der Waals surface area (Å²) in [5, 5.41) is 2.64. The van der Waals surface area contributed by atoms with Crippen molar-refractivity contribution in [2.24, 2.45) is 0 Å². The molecule has 0 heterocycles. The lowest BCUT2D eigenvalue weighted by Gasteiger charge is -2.18. The molecule has 0 aromatic heterocycles. The highest BCUT2D eigenvalue weighted by Gasteiger charge is 2.21. The smallest absolute Gasteiger partial charge is 0.243 e. The summed E-state index contributed by atoms with van der Waals surface area (Å²) in [4.78, 5) is 12.5. The molecule has 0 atom stereocenters. The number of nitrogens with zero attached hydrogens (tertiary/aromatic N) is 1. The van der Waals surface area contributed by atoms with E-state index in [0.717, 1.165) is 5.56 Å². The predicted molar refractivity (Wildman–Crippen MR) is 121 cm³/mol. The van der Waals surface area contributed by atoms with Crippen molar-refractivity contribution in [3.05, 3.63) is 53.6 Å². The van der Waals surface area contributed by atoms with Crippen LogP contribution in [0, 0.1) is 13.8 Å². The van der Waals surface area contributed by atoms with E-state index in [1.807, 2.05) is 13.0 Å². The SMILES string of the molecule is CCN(CC)S(=O)(=O)c1ccc(NC(=O)CCNS(=O)(=O)c2cc(C)ccc2C)cc1.